The van der Waals surface area contributed by atoms with Crippen molar-refractivity contribution in [2.24, 2.45) is 5.10 Å². The fraction of sp³-hybridized carbons (Fsp3) is 0. The zero-order valence-corrected chi connectivity index (χ0v) is 14.2. The zero-order chi connectivity index (χ0) is 17.9. The van der Waals surface area contributed by atoms with Gasteiger partial charge >= 0.3 is 0 Å². The Morgan fingerprint density at radius 3 is 2.54 bits per heavy atom. The van der Waals surface area contributed by atoms with Crippen molar-refractivity contribution in [3.8, 4) is 22.8 Å². The van der Waals surface area contributed by atoms with Crippen molar-refractivity contribution in [1.82, 2.24) is 25.1 Å². The van der Waals surface area contributed by atoms with Gasteiger partial charge in [0.05, 0.1) is 11.9 Å². The average Bonchev–Trinajstić information content (AvgIpc) is 3.29. The number of rotatable bonds is 4. The Morgan fingerprint density at radius 2 is 1.77 bits per heavy atom. The van der Waals surface area contributed by atoms with Gasteiger partial charge in [-0.2, -0.15) is 20.0 Å². The molecule has 2 heterocycles. The second-order valence-corrected chi connectivity index (χ2v) is 5.88. The van der Waals surface area contributed by atoms with Crippen LogP contribution in [0.1, 0.15) is 5.56 Å². The molecule has 0 saturated carbocycles. The molecule has 26 heavy (non-hydrogen) atoms. The van der Waals surface area contributed by atoms with E-state index in [1.54, 1.807) is 18.3 Å². The van der Waals surface area contributed by atoms with Crippen molar-refractivity contribution in [3.05, 3.63) is 76.8 Å². The Balaban J connectivity index is 1.68. The number of nitrogens with zero attached hydrogens (tertiary/aromatic N) is 4. The zero-order valence-electron chi connectivity index (χ0n) is 13.4. The van der Waals surface area contributed by atoms with Gasteiger partial charge in [0.2, 0.25) is 10.6 Å². The topological polar surface area (TPSA) is 74.7 Å². The fourth-order valence-corrected chi connectivity index (χ4v) is 2.62. The first-order chi connectivity index (χ1) is 12.7. The van der Waals surface area contributed by atoms with Gasteiger partial charge in [0, 0.05) is 5.56 Å². The number of benzene rings is 2. The van der Waals surface area contributed by atoms with E-state index in [-0.39, 0.29) is 5.82 Å². The minimum Gasteiger partial charge on any atom is -0.274 e. The summed E-state index contributed by atoms with van der Waals surface area (Å²) in [6.07, 6.45) is 1.59. The van der Waals surface area contributed by atoms with Crippen LogP contribution in [-0.4, -0.2) is 31.3 Å². The van der Waals surface area contributed by atoms with E-state index in [0.717, 1.165) is 16.8 Å². The molecular weight excluding hydrogens is 351 g/mol. The molecular formula is C18H13FN6S. The van der Waals surface area contributed by atoms with E-state index in [1.807, 2.05) is 36.4 Å². The van der Waals surface area contributed by atoms with Gasteiger partial charge in [-0.1, -0.05) is 42.5 Å². The van der Waals surface area contributed by atoms with Crippen LogP contribution in [0.15, 0.2) is 65.8 Å². The van der Waals surface area contributed by atoms with Crippen LogP contribution in [0.25, 0.3) is 22.8 Å². The summed E-state index contributed by atoms with van der Waals surface area (Å²) in [7, 11) is 0. The number of halogens is 1. The second kappa shape index (κ2) is 6.85. The second-order valence-electron chi connectivity index (χ2n) is 5.49. The van der Waals surface area contributed by atoms with E-state index >= 15 is 0 Å². The van der Waals surface area contributed by atoms with E-state index in [1.165, 1.54) is 16.8 Å². The Morgan fingerprint density at radius 1 is 1.00 bits per heavy atom. The van der Waals surface area contributed by atoms with Crippen LogP contribution < -0.4 is 0 Å². The molecule has 0 unspecified atom stereocenters. The molecule has 4 aromatic rings. The predicted molar refractivity (Wildman–Crippen MR) is 99.8 cm³/mol. The number of aromatic nitrogens is 5. The maximum atomic E-state index is 13.0. The van der Waals surface area contributed by atoms with Crippen molar-refractivity contribution in [2.45, 2.75) is 0 Å². The fourth-order valence-electron chi connectivity index (χ4n) is 2.44. The van der Waals surface area contributed by atoms with Gasteiger partial charge in [-0.15, -0.1) is 0 Å². The number of aromatic amines is 2. The lowest BCUT2D eigenvalue weighted by atomic mass is 10.1. The minimum atomic E-state index is -0.298. The molecule has 0 aliphatic heterocycles. The van der Waals surface area contributed by atoms with Crippen LogP contribution in [0.3, 0.4) is 0 Å². The molecule has 2 aromatic carbocycles. The Kier molecular flexibility index (Phi) is 4.24. The Bertz CT molecular complexity index is 1110. The summed E-state index contributed by atoms with van der Waals surface area (Å²) in [5, 5.41) is 18.6. The van der Waals surface area contributed by atoms with Gasteiger partial charge in [-0.3, -0.25) is 5.10 Å². The summed E-state index contributed by atoms with van der Waals surface area (Å²) in [6, 6.07) is 17.7. The molecule has 0 aliphatic carbocycles. The van der Waals surface area contributed by atoms with E-state index in [4.69, 9.17) is 12.2 Å². The number of H-pyrrole nitrogens is 2. The normalized spacial score (nSPS) is 11.3. The van der Waals surface area contributed by atoms with Gasteiger partial charge in [-0.25, -0.2) is 9.49 Å². The lowest BCUT2D eigenvalue weighted by Gasteiger charge is -1.98. The molecule has 0 spiro atoms. The van der Waals surface area contributed by atoms with Crippen molar-refractivity contribution in [3.63, 3.8) is 0 Å². The van der Waals surface area contributed by atoms with Crippen LogP contribution in [0.5, 0.6) is 0 Å². The molecule has 8 heteroatoms. The van der Waals surface area contributed by atoms with Crippen LogP contribution in [-0.2, 0) is 0 Å². The van der Waals surface area contributed by atoms with Crippen molar-refractivity contribution in [1.29, 1.82) is 0 Å². The molecule has 0 bridgehead atoms. The molecule has 4 rings (SSSR count). The Hall–Kier alpha value is -3.39. The van der Waals surface area contributed by atoms with Gasteiger partial charge in [-0.05, 0) is 36.0 Å². The smallest absolute Gasteiger partial charge is 0.216 e. The predicted octanol–water partition coefficient (Wildman–Crippen LogP) is 4.02. The molecule has 2 aromatic heterocycles. The average molecular weight is 364 g/mol. The molecule has 0 aliphatic rings. The number of hydrogen-bond donors (Lipinski definition) is 2. The molecule has 0 fully saturated rings. The SMILES string of the molecule is Fc1ccc(/C=N/n2c(-c3cc(-c4ccccc4)n[nH]3)n[nH]c2=S)cc1. The summed E-state index contributed by atoms with van der Waals surface area (Å²) >= 11 is 5.25. The molecule has 0 radical (unpaired) electrons. The first kappa shape index (κ1) is 16.1. The van der Waals surface area contributed by atoms with E-state index < -0.39 is 0 Å². The quantitative estimate of drug-likeness (QED) is 0.424. The first-order valence-electron chi connectivity index (χ1n) is 7.79. The third-order valence-electron chi connectivity index (χ3n) is 3.73. The summed E-state index contributed by atoms with van der Waals surface area (Å²) in [5.41, 5.74) is 3.21. The summed E-state index contributed by atoms with van der Waals surface area (Å²) in [5.74, 6) is 0.205. The van der Waals surface area contributed by atoms with Crippen molar-refractivity contribution in [2.75, 3.05) is 0 Å². The summed E-state index contributed by atoms with van der Waals surface area (Å²) < 4.78 is 14.8. The van der Waals surface area contributed by atoms with Crippen LogP contribution in [0.2, 0.25) is 0 Å². The number of nitrogens with one attached hydrogen (secondary N) is 2. The van der Waals surface area contributed by atoms with Gasteiger partial charge in [0.25, 0.3) is 0 Å². The maximum Gasteiger partial charge on any atom is 0.216 e. The highest BCUT2D eigenvalue weighted by molar-refractivity contribution is 7.71. The largest absolute Gasteiger partial charge is 0.274 e. The third-order valence-corrected chi connectivity index (χ3v) is 4.00. The molecule has 0 atom stereocenters. The van der Waals surface area contributed by atoms with Crippen LogP contribution >= 0.6 is 12.2 Å². The highest BCUT2D eigenvalue weighted by Gasteiger charge is 2.12. The summed E-state index contributed by atoms with van der Waals surface area (Å²) in [6.45, 7) is 0. The van der Waals surface area contributed by atoms with E-state index in [0.29, 0.717) is 16.3 Å². The molecule has 128 valence electrons. The molecule has 0 amide bonds. The standard InChI is InChI=1S/C18H13FN6S/c19-14-8-6-12(7-9-14)11-20-25-17(23-24-18(25)26)16-10-15(21-22-16)13-4-2-1-3-5-13/h1-11H,(H,21,22)(H,24,26)/b20-11+. The third kappa shape index (κ3) is 3.22. The lowest BCUT2D eigenvalue weighted by molar-refractivity contribution is 0.628. The highest BCUT2D eigenvalue weighted by Crippen LogP contribution is 2.22. The lowest BCUT2D eigenvalue weighted by Crippen LogP contribution is -1.95. The monoisotopic (exact) mass is 364 g/mol. The number of hydrogen-bond acceptors (Lipinski definition) is 4. The Labute approximate surface area is 153 Å². The van der Waals surface area contributed by atoms with Crippen molar-refractivity contribution >= 4 is 18.4 Å². The molecule has 6 nitrogen and oxygen atoms in total. The summed E-state index contributed by atoms with van der Waals surface area (Å²) in [4.78, 5) is 0. The molecule has 2 N–H and O–H groups in total. The van der Waals surface area contributed by atoms with E-state index in [9.17, 15) is 4.39 Å². The van der Waals surface area contributed by atoms with Crippen LogP contribution in [0, 0.1) is 10.6 Å². The highest BCUT2D eigenvalue weighted by atomic mass is 32.1. The van der Waals surface area contributed by atoms with Gasteiger partial charge in [0.15, 0.2) is 0 Å². The van der Waals surface area contributed by atoms with Gasteiger partial charge in [0.1, 0.15) is 11.5 Å². The molecule has 0 saturated heterocycles. The van der Waals surface area contributed by atoms with Crippen molar-refractivity contribution < 1.29 is 4.39 Å². The maximum absolute atomic E-state index is 13.0. The van der Waals surface area contributed by atoms with Crippen LogP contribution in [0.4, 0.5) is 4.39 Å². The van der Waals surface area contributed by atoms with Gasteiger partial charge < -0.3 is 0 Å². The minimum absolute atomic E-state index is 0.298. The first-order valence-corrected chi connectivity index (χ1v) is 8.20. The van der Waals surface area contributed by atoms with E-state index in [2.05, 4.69) is 25.5 Å².